The zero-order valence-electron chi connectivity index (χ0n) is 11.1. The highest BCUT2D eigenvalue weighted by Gasteiger charge is 2.30. The van der Waals surface area contributed by atoms with Crippen molar-refractivity contribution < 1.29 is 19.8 Å². The number of aromatic amines is 1. The zero-order valence-corrected chi connectivity index (χ0v) is 11.1. The Labute approximate surface area is 120 Å². The van der Waals surface area contributed by atoms with Gasteiger partial charge in [-0.25, -0.2) is 4.98 Å². The van der Waals surface area contributed by atoms with Crippen molar-refractivity contribution in [3.05, 3.63) is 42.2 Å². The Morgan fingerprint density at radius 3 is 2.62 bits per heavy atom. The molecule has 0 atom stereocenters. The number of hydrogen-bond acceptors (Lipinski definition) is 4. The number of likely N-dealkylation sites (tertiary alicyclic amines) is 1. The van der Waals surface area contributed by atoms with Gasteiger partial charge in [0.15, 0.2) is 0 Å². The molecule has 3 rings (SSSR count). The van der Waals surface area contributed by atoms with Crippen molar-refractivity contribution in [2.75, 3.05) is 13.1 Å². The van der Waals surface area contributed by atoms with E-state index in [-0.39, 0.29) is 18.5 Å². The number of nitrogens with zero attached hydrogens (tertiary/aromatic N) is 2. The first-order chi connectivity index (χ1) is 10.2. The third-order valence-corrected chi connectivity index (χ3v) is 3.06. The Kier molecular flexibility index (Phi) is 4.68. The van der Waals surface area contributed by atoms with Crippen LogP contribution in [0.15, 0.2) is 36.7 Å². The molecule has 0 radical (unpaired) electrons. The number of benzene rings is 1. The molecule has 0 spiro atoms. The number of imidazole rings is 1. The van der Waals surface area contributed by atoms with E-state index in [1.54, 1.807) is 23.4 Å². The van der Waals surface area contributed by atoms with Crippen LogP contribution in [0.3, 0.4) is 0 Å². The summed E-state index contributed by atoms with van der Waals surface area (Å²) >= 11 is 0. The van der Waals surface area contributed by atoms with E-state index in [4.69, 9.17) is 9.90 Å². The van der Waals surface area contributed by atoms with Gasteiger partial charge in [0.25, 0.3) is 12.4 Å². The monoisotopic (exact) mass is 289 g/mol. The molecule has 1 aromatic carbocycles. The molecule has 2 aromatic rings. The average Bonchev–Trinajstić information content (AvgIpc) is 2.98. The minimum absolute atomic E-state index is 0.0627. The van der Waals surface area contributed by atoms with E-state index in [1.165, 1.54) is 0 Å². The predicted octanol–water partition coefficient (Wildman–Crippen LogP) is 0.594. The van der Waals surface area contributed by atoms with Gasteiger partial charge < -0.3 is 20.1 Å². The van der Waals surface area contributed by atoms with Gasteiger partial charge in [0.2, 0.25) is 0 Å². The third-order valence-electron chi connectivity index (χ3n) is 3.06. The molecule has 1 aliphatic heterocycles. The maximum Gasteiger partial charge on any atom is 0.290 e. The highest BCUT2D eigenvalue weighted by molar-refractivity contribution is 6.00. The van der Waals surface area contributed by atoms with Crippen LogP contribution >= 0.6 is 0 Å². The number of hydrogen-bond donors (Lipinski definition) is 3. The lowest BCUT2D eigenvalue weighted by Crippen LogP contribution is -2.53. The number of aliphatic hydroxyl groups excluding tert-OH is 1. The summed E-state index contributed by atoms with van der Waals surface area (Å²) in [5.41, 5.74) is 1.40. The number of rotatable bonds is 2. The Morgan fingerprint density at radius 2 is 2.05 bits per heavy atom. The number of nitrogens with one attached hydrogen (secondary N) is 1. The summed E-state index contributed by atoms with van der Waals surface area (Å²) in [5.74, 6) is 0.618. The molecule has 7 heteroatoms. The molecule has 7 nitrogen and oxygen atoms in total. The molecule has 1 aliphatic rings. The van der Waals surface area contributed by atoms with E-state index in [0.29, 0.717) is 24.5 Å². The van der Waals surface area contributed by atoms with Crippen LogP contribution in [0, 0.1) is 0 Å². The fourth-order valence-corrected chi connectivity index (χ4v) is 2.08. The highest BCUT2D eigenvalue weighted by atomic mass is 16.3. The first kappa shape index (κ1) is 14.7. The number of amides is 1. The maximum absolute atomic E-state index is 12.3. The first-order valence-corrected chi connectivity index (χ1v) is 6.31. The van der Waals surface area contributed by atoms with E-state index < -0.39 is 0 Å². The van der Waals surface area contributed by atoms with Gasteiger partial charge in [-0.05, 0) is 6.07 Å². The second kappa shape index (κ2) is 6.67. The molecule has 0 aliphatic carbocycles. The second-order valence-corrected chi connectivity index (χ2v) is 4.45. The van der Waals surface area contributed by atoms with Crippen molar-refractivity contribution >= 4 is 12.4 Å². The van der Waals surface area contributed by atoms with Gasteiger partial charge in [-0.1, -0.05) is 18.2 Å². The highest BCUT2D eigenvalue weighted by Crippen LogP contribution is 2.23. The minimum atomic E-state index is -0.385. The Morgan fingerprint density at radius 1 is 1.38 bits per heavy atom. The van der Waals surface area contributed by atoms with Gasteiger partial charge in [0, 0.05) is 31.0 Å². The standard InChI is InChI=1S/C13H13N3O2.CH2O2/c17-9-7-16(8-9)13(18)11-4-2-1-3-10(11)12-14-5-6-15-12;2-1-3/h1-6,9,17H,7-8H2,(H,14,15);1H,(H,2,3). The van der Waals surface area contributed by atoms with E-state index in [2.05, 4.69) is 9.97 Å². The summed E-state index contributed by atoms with van der Waals surface area (Å²) < 4.78 is 0. The lowest BCUT2D eigenvalue weighted by atomic mass is 10.0. The topological polar surface area (TPSA) is 107 Å². The smallest absolute Gasteiger partial charge is 0.290 e. The summed E-state index contributed by atoms with van der Waals surface area (Å²) in [4.78, 5) is 29.4. The van der Waals surface area contributed by atoms with Gasteiger partial charge in [-0.2, -0.15) is 0 Å². The molecule has 1 fully saturated rings. The maximum atomic E-state index is 12.3. The quantitative estimate of drug-likeness (QED) is 0.702. The molecule has 0 unspecified atom stereocenters. The van der Waals surface area contributed by atoms with E-state index in [1.807, 2.05) is 18.2 Å². The lowest BCUT2D eigenvalue weighted by molar-refractivity contribution is -0.122. The minimum Gasteiger partial charge on any atom is -0.483 e. The summed E-state index contributed by atoms with van der Waals surface area (Å²) in [7, 11) is 0. The van der Waals surface area contributed by atoms with Crippen molar-refractivity contribution in [3.8, 4) is 11.4 Å². The van der Waals surface area contributed by atoms with Crippen LogP contribution in [0.25, 0.3) is 11.4 Å². The van der Waals surface area contributed by atoms with Crippen molar-refractivity contribution in [1.29, 1.82) is 0 Å². The molecule has 2 heterocycles. The molecule has 1 aromatic heterocycles. The number of carboxylic acid groups (broad SMARTS) is 1. The SMILES string of the molecule is O=C(c1ccccc1-c1ncc[nH]1)N1CC(O)C1.O=CO. The summed E-state index contributed by atoms with van der Waals surface area (Å²) in [5, 5.41) is 16.1. The first-order valence-electron chi connectivity index (χ1n) is 6.31. The second-order valence-electron chi connectivity index (χ2n) is 4.45. The van der Waals surface area contributed by atoms with Gasteiger partial charge in [0.05, 0.1) is 11.7 Å². The van der Waals surface area contributed by atoms with Gasteiger partial charge >= 0.3 is 0 Å². The van der Waals surface area contributed by atoms with Crippen molar-refractivity contribution in [2.24, 2.45) is 0 Å². The normalized spacial score (nSPS) is 13.9. The van der Waals surface area contributed by atoms with Crippen LogP contribution in [-0.4, -0.2) is 56.7 Å². The van der Waals surface area contributed by atoms with Crippen LogP contribution in [0.2, 0.25) is 0 Å². The van der Waals surface area contributed by atoms with Crippen molar-refractivity contribution in [2.45, 2.75) is 6.10 Å². The number of carbonyl (C=O) groups is 2. The molecule has 0 bridgehead atoms. The van der Waals surface area contributed by atoms with Crippen molar-refractivity contribution in [1.82, 2.24) is 14.9 Å². The Hall–Kier alpha value is -2.67. The summed E-state index contributed by atoms with van der Waals surface area (Å²) in [6, 6.07) is 7.35. The van der Waals surface area contributed by atoms with Gasteiger partial charge in [-0.3, -0.25) is 9.59 Å². The predicted molar refractivity (Wildman–Crippen MR) is 74.6 cm³/mol. The molecule has 21 heavy (non-hydrogen) atoms. The van der Waals surface area contributed by atoms with Gasteiger partial charge in [0.1, 0.15) is 5.82 Å². The van der Waals surface area contributed by atoms with E-state index >= 15 is 0 Å². The van der Waals surface area contributed by atoms with Crippen molar-refractivity contribution in [3.63, 3.8) is 0 Å². The fraction of sp³-hybridized carbons (Fsp3) is 0.214. The fourth-order valence-electron chi connectivity index (χ4n) is 2.08. The molecule has 3 N–H and O–H groups in total. The molecular weight excluding hydrogens is 274 g/mol. The number of aromatic nitrogens is 2. The number of carbonyl (C=O) groups excluding carboxylic acids is 1. The molecule has 1 saturated heterocycles. The number of aliphatic hydroxyl groups is 1. The lowest BCUT2D eigenvalue weighted by Gasteiger charge is -2.36. The number of β-amino-alcohol motifs (C(OH)–C–C–N with tert-alkyl or cyclic N) is 1. The number of H-pyrrole nitrogens is 1. The molecule has 1 amide bonds. The molecular formula is C14H15N3O4. The molecule has 110 valence electrons. The van der Waals surface area contributed by atoms with E-state index in [0.717, 1.165) is 5.56 Å². The summed E-state index contributed by atoms with van der Waals surface area (Å²) in [6.07, 6.45) is 3.00. The zero-order chi connectivity index (χ0) is 15.2. The van der Waals surface area contributed by atoms with Crippen LogP contribution < -0.4 is 0 Å². The van der Waals surface area contributed by atoms with E-state index in [9.17, 15) is 9.90 Å². The van der Waals surface area contributed by atoms with Crippen LogP contribution in [0.5, 0.6) is 0 Å². The average molecular weight is 289 g/mol. The largest absolute Gasteiger partial charge is 0.483 e. The summed E-state index contributed by atoms with van der Waals surface area (Å²) in [6.45, 7) is 0.566. The Bertz CT molecular complexity index is 606. The van der Waals surface area contributed by atoms with Crippen LogP contribution in [0.4, 0.5) is 0 Å². The van der Waals surface area contributed by atoms with Crippen LogP contribution in [-0.2, 0) is 4.79 Å². The third kappa shape index (κ3) is 3.26. The van der Waals surface area contributed by atoms with Gasteiger partial charge in [-0.15, -0.1) is 0 Å². The Balaban J connectivity index is 0.000000497. The van der Waals surface area contributed by atoms with Crippen LogP contribution in [0.1, 0.15) is 10.4 Å². The molecule has 0 saturated carbocycles.